The number of nitrogens with one attached hydrogen (secondary N) is 1. The highest BCUT2D eigenvalue weighted by molar-refractivity contribution is 7.92. The van der Waals surface area contributed by atoms with Gasteiger partial charge in [0.2, 0.25) is 0 Å². The summed E-state index contributed by atoms with van der Waals surface area (Å²) in [7, 11) is -3.95. The topological polar surface area (TPSA) is 134 Å². The first-order chi connectivity index (χ1) is 17.6. The first-order valence-electron chi connectivity index (χ1n) is 12.4. The fourth-order valence-corrected chi connectivity index (χ4v) is 6.02. The van der Waals surface area contributed by atoms with Crippen LogP contribution in [0.25, 0.3) is 0 Å². The fourth-order valence-electron chi connectivity index (χ4n) is 4.90. The molecular formula is C28H31NO7S. The molecule has 1 aromatic heterocycles. The van der Waals surface area contributed by atoms with Gasteiger partial charge in [-0.2, -0.15) is 0 Å². The maximum Gasteiger partial charge on any atom is 0.343 e. The van der Waals surface area contributed by atoms with Crippen LogP contribution in [0.2, 0.25) is 0 Å². The summed E-state index contributed by atoms with van der Waals surface area (Å²) < 4.78 is 34.1. The lowest BCUT2D eigenvalue weighted by molar-refractivity contribution is 0.0968. The molecule has 3 aromatic rings. The van der Waals surface area contributed by atoms with E-state index in [0.717, 1.165) is 12.8 Å². The number of sulfonamides is 1. The van der Waals surface area contributed by atoms with Gasteiger partial charge in [-0.05, 0) is 54.2 Å². The zero-order valence-electron chi connectivity index (χ0n) is 20.9. The van der Waals surface area contributed by atoms with Crippen molar-refractivity contribution in [2.75, 3.05) is 4.72 Å². The summed E-state index contributed by atoms with van der Waals surface area (Å²) in [4.78, 5) is 26.0. The quantitative estimate of drug-likeness (QED) is 0.406. The van der Waals surface area contributed by atoms with Gasteiger partial charge in [0.25, 0.3) is 10.0 Å². The zero-order valence-corrected chi connectivity index (χ0v) is 21.7. The summed E-state index contributed by atoms with van der Waals surface area (Å²) >= 11 is 0. The number of carbonyl (C=O) groups excluding carboxylic acids is 1. The van der Waals surface area contributed by atoms with Crippen molar-refractivity contribution in [2.45, 2.75) is 63.4 Å². The Kier molecular flexibility index (Phi) is 7.85. The van der Waals surface area contributed by atoms with E-state index in [2.05, 4.69) is 4.72 Å². The minimum Gasteiger partial charge on any atom is -0.506 e. The predicted molar refractivity (Wildman–Crippen MR) is 139 cm³/mol. The molecule has 0 saturated carbocycles. The van der Waals surface area contributed by atoms with Gasteiger partial charge < -0.3 is 14.6 Å². The van der Waals surface area contributed by atoms with Crippen LogP contribution in [0.5, 0.6) is 5.75 Å². The summed E-state index contributed by atoms with van der Waals surface area (Å²) in [6.45, 7) is 3.46. The van der Waals surface area contributed by atoms with Gasteiger partial charge in [0.05, 0.1) is 22.6 Å². The Labute approximate surface area is 216 Å². The Hall–Kier alpha value is -3.43. The van der Waals surface area contributed by atoms with E-state index in [-0.39, 0.29) is 57.9 Å². The van der Waals surface area contributed by atoms with Crippen molar-refractivity contribution in [2.24, 2.45) is 5.92 Å². The molecule has 0 amide bonds. The largest absolute Gasteiger partial charge is 0.506 e. The summed E-state index contributed by atoms with van der Waals surface area (Å²) in [6.07, 6.45) is 3.00. The lowest BCUT2D eigenvalue weighted by Gasteiger charge is -2.24. The molecule has 196 valence electrons. The molecule has 0 aliphatic heterocycles. The van der Waals surface area contributed by atoms with Crippen molar-refractivity contribution in [3.63, 3.8) is 0 Å². The van der Waals surface area contributed by atoms with Crippen LogP contribution in [0.1, 0.15) is 78.3 Å². The molecule has 0 bridgehead atoms. The Morgan fingerprint density at radius 1 is 1.00 bits per heavy atom. The molecule has 0 radical (unpaired) electrons. The van der Waals surface area contributed by atoms with Gasteiger partial charge in [-0.1, -0.05) is 44.5 Å². The first-order valence-corrected chi connectivity index (χ1v) is 13.8. The number of anilines is 1. The summed E-state index contributed by atoms with van der Waals surface area (Å²) in [5, 5.41) is 20.6. The molecule has 1 aliphatic carbocycles. The molecular weight excluding hydrogens is 494 g/mol. The molecule has 1 unspecified atom stereocenters. The van der Waals surface area contributed by atoms with Gasteiger partial charge >= 0.3 is 5.63 Å². The predicted octanol–water partition coefficient (Wildman–Crippen LogP) is 4.73. The molecule has 9 heteroatoms. The number of aromatic hydroxyl groups is 1. The van der Waals surface area contributed by atoms with Crippen molar-refractivity contribution >= 4 is 21.5 Å². The van der Waals surface area contributed by atoms with Crippen molar-refractivity contribution in [1.29, 1.82) is 0 Å². The van der Waals surface area contributed by atoms with Gasteiger partial charge in [0.15, 0.2) is 5.78 Å². The van der Waals surface area contributed by atoms with Gasteiger partial charge in [-0.3, -0.25) is 9.52 Å². The Morgan fingerprint density at radius 2 is 1.73 bits per heavy atom. The minimum absolute atomic E-state index is 0.00155. The van der Waals surface area contributed by atoms with E-state index in [9.17, 15) is 28.2 Å². The third kappa shape index (κ3) is 5.62. The van der Waals surface area contributed by atoms with Crippen LogP contribution in [-0.4, -0.2) is 24.4 Å². The lowest BCUT2D eigenvalue weighted by atomic mass is 9.81. The fraction of sp³-hybridized carbons (Fsp3) is 0.357. The number of aliphatic hydroxyl groups excluding tert-OH is 1. The maximum atomic E-state index is 13.1. The second kappa shape index (κ2) is 10.9. The van der Waals surface area contributed by atoms with E-state index in [1.54, 1.807) is 36.4 Å². The van der Waals surface area contributed by atoms with E-state index in [0.29, 0.717) is 24.0 Å². The SMILES string of the molecule is CC(C)C(c1cccc(NS(=O)(=O)c2cccc(CO)c2)c1)c1c(O)c2c(oc1=O)CCCCCC2=O. The van der Waals surface area contributed by atoms with Crippen LogP contribution < -0.4 is 10.3 Å². The van der Waals surface area contributed by atoms with Crippen LogP contribution in [0.3, 0.4) is 0 Å². The van der Waals surface area contributed by atoms with E-state index < -0.39 is 21.6 Å². The molecule has 0 saturated heterocycles. The van der Waals surface area contributed by atoms with Crippen molar-refractivity contribution in [3.05, 3.63) is 87.0 Å². The molecule has 3 N–H and O–H groups in total. The van der Waals surface area contributed by atoms with E-state index in [4.69, 9.17) is 4.42 Å². The van der Waals surface area contributed by atoms with Gasteiger partial charge in [0.1, 0.15) is 11.5 Å². The minimum atomic E-state index is -3.95. The molecule has 0 spiro atoms. The standard InChI is InChI=1S/C28H31NO7S/c1-17(2)24(26-27(32)25-22(31)12-4-3-5-13-23(25)36-28(26)33)19-9-7-10-20(15-19)29-37(34,35)21-11-6-8-18(14-21)16-30/h6-11,14-15,17,24,29-30,32H,3-5,12-13,16H2,1-2H3. The number of hydrogen-bond acceptors (Lipinski definition) is 7. The highest BCUT2D eigenvalue weighted by Crippen LogP contribution is 2.39. The first kappa shape index (κ1) is 26.6. The molecule has 1 aliphatic rings. The van der Waals surface area contributed by atoms with Crippen LogP contribution in [-0.2, 0) is 23.1 Å². The number of benzene rings is 2. The number of ketones is 1. The van der Waals surface area contributed by atoms with Gasteiger partial charge in [-0.15, -0.1) is 0 Å². The second-order valence-corrected chi connectivity index (χ2v) is 11.4. The summed E-state index contributed by atoms with van der Waals surface area (Å²) in [5.41, 5.74) is 0.699. The van der Waals surface area contributed by atoms with E-state index in [1.807, 2.05) is 13.8 Å². The summed E-state index contributed by atoms with van der Waals surface area (Å²) in [6, 6.07) is 12.6. The average Bonchev–Trinajstić information content (AvgIpc) is 2.84. The van der Waals surface area contributed by atoms with Crippen molar-refractivity contribution < 1.29 is 27.8 Å². The lowest BCUT2D eigenvalue weighted by Crippen LogP contribution is -2.22. The normalized spacial score (nSPS) is 15.1. The Balaban J connectivity index is 1.76. The number of Topliss-reactive ketones (excluding diaryl/α,β-unsaturated/α-hetero) is 1. The highest BCUT2D eigenvalue weighted by atomic mass is 32.2. The number of carbonyl (C=O) groups is 1. The Morgan fingerprint density at radius 3 is 2.46 bits per heavy atom. The number of rotatable bonds is 7. The Bertz CT molecular complexity index is 1470. The number of hydrogen-bond donors (Lipinski definition) is 3. The highest BCUT2D eigenvalue weighted by Gasteiger charge is 2.32. The molecule has 2 aromatic carbocycles. The van der Waals surface area contributed by atoms with Crippen LogP contribution >= 0.6 is 0 Å². The van der Waals surface area contributed by atoms with Crippen LogP contribution in [0.15, 0.2) is 62.6 Å². The molecule has 8 nitrogen and oxygen atoms in total. The molecule has 1 heterocycles. The van der Waals surface area contributed by atoms with Crippen LogP contribution in [0.4, 0.5) is 5.69 Å². The van der Waals surface area contributed by atoms with E-state index >= 15 is 0 Å². The number of aliphatic hydroxyl groups is 1. The van der Waals surface area contributed by atoms with Crippen molar-refractivity contribution in [3.8, 4) is 5.75 Å². The molecule has 37 heavy (non-hydrogen) atoms. The second-order valence-electron chi connectivity index (χ2n) is 9.69. The van der Waals surface area contributed by atoms with E-state index in [1.165, 1.54) is 12.1 Å². The van der Waals surface area contributed by atoms with Crippen LogP contribution in [0, 0.1) is 5.92 Å². The number of fused-ring (bicyclic) bond motifs is 1. The number of aryl methyl sites for hydroxylation is 1. The molecule has 4 rings (SSSR count). The monoisotopic (exact) mass is 525 g/mol. The van der Waals surface area contributed by atoms with Gasteiger partial charge in [0, 0.05) is 24.4 Å². The molecule has 1 atom stereocenters. The smallest absolute Gasteiger partial charge is 0.343 e. The van der Waals surface area contributed by atoms with Crippen molar-refractivity contribution in [1.82, 2.24) is 0 Å². The molecule has 0 fully saturated rings. The van der Waals surface area contributed by atoms with Gasteiger partial charge in [-0.25, -0.2) is 13.2 Å². The zero-order chi connectivity index (χ0) is 26.7. The third-order valence-corrected chi connectivity index (χ3v) is 8.04. The summed E-state index contributed by atoms with van der Waals surface area (Å²) in [5.74, 6) is -1.20. The third-order valence-electron chi connectivity index (χ3n) is 6.66. The maximum absolute atomic E-state index is 13.1. The average molecular weight is 526 g/mol.